The lowest BCUT2D eigenvalue weighted by molar-refractivity contribution is -0.0498. The van der Waals surface area contributed by atoms with Crippen LogP contribution in [0.4, 0.5) is 13.6 Å². The molecular formula is C16H20F2N2O4. The van der Waals surface area contributed by atoms with Crippen LogP contribution in [0.15, 0.2) is 24.3 Å². The highest BCUT2D eigenvalue weighted by molar-refractivity contribution is 5.94. The highest BCUT2D eigenvalue weighted by atomic mass is 19.3. The molecule has 0 radical (unpaired) electrons. The van der Waals surface area contributed by atoms with Gasteiger partial charge in [-0.25, -0.2) is 4.79 Å². The molecule has 2 rings (SSSR count). The van der Waals surface area contributed by atoms with Crippen molar-refractivity contribution in [1.29, 1.82) is 0 Å². The summed E-state index contributed by atoms with van der Waals surface area (Å²) < 4.78 is 33.4. The topological polar surface area (TPSA) is 67.9 Å². The summed E-state index contributed by atoms with van der Waals surface area (Å²) in [7, 11) is 0. The molecule has 0 spiro atoms. The number of amides is 2. The van der Waals surface area contributed by atoms with Crippen molar-refractivity contribution in [1.82, 2.24) is 10.2 Å². The van der Waals surface area contributed by atoms with Gasteiger partial charge in [0.25, 0.3) is 5.91 Å². The quantitative estimate of drug-likeness (QED) is 0.893. The maximum atomic E-state index is 12.5. The van der Waals surface area contributed by atoms with Gasteiger partial charge in [0.1, 0.15) is 5.75 Å². The minimum absolute atomic E-state index is 0.00190. The second kappa shape index (κ2) is 8.47. The number of alkyl halides is 2. The zero-order valence-electron chi connectivity index (χ0n) is 13.3. The summed E-state index contributed by atoms with van der Waals surface area (Å²) in [6.45, 7) is 0.0666. The second-order valence-corrected chi connectivity index (χ2v) is 5.36. The number of nitrogens with zero attached hydrogens (tertiary/aromatic N) is 1. The van der Waals surface area contributed by atoms with Crippen molar-refractivity contribution in [3.8, 4) is 5.75 Å². The molecule has 1 heterocycles. The van der Waals surface area contributed by atoms with Crippen molar-refractivity contribution in [3.05, 3.63) is 29.8 Å². The number of hydrogen-bond acceptors (Lipinski definition) is 4. The van der Waals surface area contributed by atoms with E-state index in [1.165, 1.54) is 24.3 Å². The summed E-state index contributed by atoms with van der Waals surface area (Å²) in [6.07, 6.45) is 1.03. The van der Waals surface area contributed by atoms with Crippen LogP contribution in [0.5, 0.6) is 5.75 Å². The average Bonchev–Trinajstić information content (AvgIpc) is 2.55. The highest BCUT2D eigenvalue weighted by Gasteiger charge is 2.25. The van der Waals surface area contributed by atoms with Crippen molar-refractivity contribution in [2.75, 3.05) is 19.7 Å². The molecule has 0 bridgehead atoms. The molecule has 0 aliphatic carbocycles. The van der Waals surface area contributed by atoms with E-state index in [2.05, 4.69) is 10.1 Å². The molecule has 1 N–H and O–H groups in total. The minimum Gasteiger partial charge on any atom is -0.450 e. The lowest BCUT2D eigenvalue weighted by atomic mass is 10.0. The number of carbonyl (C=O) groups excluding carboxylic acids is 2. The van der Waals surface area contributed by atoms with Crippen LogP contribution in [0.3, 0.4) is 0 Å². The van der Waals surface area contributed by atoms with Gasteiger partial charge in [-0.15, -0.1) is 0 Å². The lowest BCUT2D eigenvalue weighted by Crippen LogP contribution is -2.49. The van der Waals surface area contributed by atoms with Gasteiger partial charge in [-0.2, -0.15) is 8.78 Å². The first-order valence-electron chi connectivity index (χ1n) is 7.77. The SMILES string of the molecule is CCOC(=O)N[C@@H]1CCCN(C(=O)c2ccc(OC(F)F)cc2)C1. The summed E-state index contributed by atoms with van der Waals surface area (Å²) in [5.74, 6) is -0.212. The Bertz CT molecular complexity index is 566. The van der Waals surface area contributed by atoms with Crippen molar-refractivity contribution in [2.45, 2.75) is 32.4 Å². The Kier molecular flexibility index (Phi) is 6.34. The van der Waals surface area contributed by atoms with Crippen LogP contribution in [-0.4, -0.2) is 49.3 Å². The average molecular weight is 342 g/mol. The fourth-order valence-electron chi connectivity index (χ4n) is 2.58. The summed E-state index contributed by atoms with van der Waals surface area (Å²) >= 11 is 0. The van der Waals surface area contributed by atoms with E-state index in [1.807, 2.05) is 0 Å². The van der Waals surface area contributed by atoms with Crippen LogP contribution >= 0.6 is 0 Å². The van der Waals surface area contributed by atoms with Gasteiger partial charge in [0, 0.05) is 24.7 Å². The molecule has 1 aliphatic heterocycles. The number of carbonyl (C=O) groups is 2. The molecule has 0 unspecified atom stereocenters. The molecule has 24 heavy (non-hydrogen) atoms. The molecule has 1 fully saturated rings. The number of alkyl carbamates (subject to hydrolysis) is 1. The van der Waals surface area contributed by atoms with Crippen LogP contribution in [0.1, 0.15) is 30.1 Å². The number of nitrogens with one attached hydrogen (secondary N) is 1. The maximum Gasteiger partial charge on any atom is 0.407 e. The molecule has 6 nitrogen and oxygen atoms in total. The Morgan fingerprint density at radius 3 is 2.67 bits per heavy atom. The summed E-state index contributed by atoms with van der Waals surface area (Å²) in [4.78, 5) is 25.6. The van der Waals surface area contributed by atoms with Gasteiger partial charge in [-0.05, 0) is 44.0 Å². The van der Waals surface area contributed by atoms with E-state index in [-0.39, 0.29) is 24.3 Å². The van der Waals surface area contributed by atoms with Crippen LogP contribution in [-0.2, 0) is 4.74 Å². The van der Waals surface area contributed by atoms with E-state index in [0.29, 0.717) is 18.7 Å². The predicted octanol–water partition coefficient (Wildman–Crippen LogP) is 2.64. The number of piperidine rings is 1. The number of hydrogen-bond donors (Lipinski definition) is 1. The van der Waals surface area contributed by atoms with Crippen LogP contribution < -0.4 is 10.1 Å². The smallest absolute Gasteiger partial charge is 0.407 e. The Hall–Kier alpha value is -2.38. The minimum atomic E-state index is -2.90. The van der Waals surface area contributed by atoms with Gasteiger partial charge in [-0.3, -0.25) is 4.79 Å². The highest BCUT2D eigenvalue weighted by Crippen LogP contribution is 2.18. The third-order valence-corrected chi connectivity index (χ3v) is 3.63. The number of likely N-dealkylation sites (tertiary alicyclic amines) is 1. The van der Waals surface area contributed by atoms with Crippen LogP contribution in [0.25, 0.3) is 0 Å². The molecule has 132 valence electrons. The number of rotatable bonds is 5. The van der Waals surface area contributed by atoms with E-state index in [0.717, 1.165) is 12.8 Å². The Labute approximate surface area is 138 Å². The predicted molar refractivity (Wildman–Crippen MR) is 82.2 cm³/mol. The van der Waals surface area contributed by atoms with Gasteiger partial charge in [0.15, 0.2) is 0 Å². The largest absolute Gasteiger partial charge is 0.450 e. The Morgan fingerprint density at radius 1 is 1.33 bits per heavy atom. The lowest BCUT2D eigenvalue weighted by Gasteiger charge is -2.33. The van der Waals surface area contributed by atoms with Gasteiger partial charge in [0.2, 0.25) is 0 Å². The van der Waals surface area contributed by atoms with E-state index in [4.69, 9.17) is 4.74 Å². The molecule has 1 saturated heterocycles. The van der Waals surface area contributed by atoms with Gasteiger partial charge >= 0.3 is 12.7 Å². The zero-order valence-corrected chi connectivity index (χ0v) is 13.3. The van der Waals surface area contributed by atoms with Crippen molar-refractivity contribution in [3.63, 3.8) is 0 Å². The first-order chi connectivity index (χ1) is 11.5. The van der Waals surface area contributed by atoms with Crippen LogP contribution in [0, 0.1) is 0 Å². The molecule has 2 amide bonds. The summed E-state index contributed by atoms with van der Waals surface area (Å²) in [5, 5.41) is 2.73. The van der Waals surface area contributed by atoms with Crippen LogP contribution in [0.2, 0.25) is 0 Å². The van der Waals surface area contributed by atoms with E-state index in [1.54, 1.807) is 11.8 Å². The first kappa shape index (κ1) is 18.0. The molecule has 0 saturated carbocycles. The van der Waals surface area contributed by atoms with Crippen molar-refractivity contribution >= 4 is 12.0 Å². The van der Waals surface area contributed by atoms with Gasteiger partial charge in [0.05, 0.1) is 6.61 Å². The maximum absolute atomic E-state index is 12.5. The van der Waals surface area contributed by atoms with Crippen molar-refractivity contribution in [2.24, 2.45) is 0 Å². The third kappa shape index (κ3) is 5.07. The molecule has 8 heteroatoms. The summed E-state index contributed by atoms with van der Waals surface area (Å²) in [5.41, 5.74) is 0.383. The third-order valence-electron chi connectivity index (χ3n) is 3.63. The molecular weight excluding hydrogens is 322 g/mol. The molecule has 0 aromatic heterocycles. The standard InChI is InChI=1S/C16H20F2N2O4/c1-2-23-16(22)19-12-4-3-9-20(10-12)14(21)11-5-7-13(8-6-11)24-15(17)18/h5-8,12,15H,2-4,9-10H2,1H3,(H,19,22)/t12-/m1/s1. The second-order valence-electron chi connectivity index (χ2n) is 5.36. The van der Waals surface area contributed by atoms with Gasteiger partial charge in [-0.1, -0.05) is 0 Å². The number of ether oxygens (including phenoxy) is 2. The van der Waals surface area contributed by atoms with E-state index >= 15 is 0 Å². The molecule has 1 aromatic carbocycles. The Balaban J connectivity index is 1.94. The fraction of sp³-hybridized carbons (Fsp3) is 0.500. The summed E-state index contributed by atoms with van der Waals surface area (Å²) in [6, 6.07) is 5.39. The first-order valence-corrected chi connectivity index (χ1v) is 7.77. The fourth-order valence-corrected chi connectivity index (χ4v) is 2.58. The van der Waals surface area contributed by atoms with Crippen molar-refractivity contribution < 1.29 is 27.8 Å². The zero-order chi connectivity index (χ0) is 17.5. The number of halogens is 2. The number of benzene rings is 1. The van der Waals surface area contributed by atoms with E-state index < -0.39 is 12.7 Å². The van der Waals surface area contributed by atoms with E-state index in [9.17, 15) is 18.4 Å². The Morgan fingerprint density at radius 2 is 2.04 bits per heavy atom. The molecule has 1 atom stereocenters. The molecule has 1 aromatic rings. The monoisotopic (exact) mass is 342 g/mol. The van der Waals surface area contributed by atoms with Gasteiger partial charge < -0.3 is 19.7 Å². The molecule has 1 aliphatic rings. The normalized spacial score (nSPS) is 17.5.